The van der Waals surface area contributed by atoms with Gasteiger partial charge < -0.3 is 19.5 Å². The molecule has 1 amide bonds. The normalized spacial score (nSPS) is 13.6. The lowest BCUT2D eigenvalue weighted by molar-refractivity contribution is -0.126. The molecule has 2 unspecified atom stereocenters. The van der Waals surface area contributed by atoms with Gasteiger partial charge in [0.15, 0.2) is 0 Å². The Morgan fingerprint density at radius 1 is 0.963 bits per heavy atom. The van der Waals surface area contributed by atoms with Gasteiger partial charge in [-0.05, 0) is 18.8 Å². The topological polar surface area (TPSA) is 56.8 Å². The van der Waals surface area contributed by atoms with Crippen molar-refractivity contribution in [1.29, 1.82) is 0 Å². The smallest absolute Gasteiger partial charge is 0.246 e. The molecule has 0 heterocycles. The fraction of sp³-hybridized carbons (Fsp3) is 0.850. The van der Waals surface area contributed by atoms with E-state index in [2.05, 4.69) is 44.9 Å². The van der Waals surface area contributed by atoms with Gasteiger partial charge in [0.1, 0.15) is 17.5 Å². The van der Waals surface area contributed by atoms with E-state index in [0.29, 0.717) is 44.1 Å². The quantitative estimate of drug-likeness (QED) is 0.197. The van der Waals surface area contributed by atoms with E-state index in [1.807, 2.05) is 20.8 Å². The predicted octanol–water partition coefficient (Wildman–Crippen LogP) is 4.18. The van der Waals surface area contributed by atoms with Crippen molar-refractivity contribution < 1.29 is 19.0 Å². The van der Waals surface area contributed by atoms with Crippen LogP contribution in [0.1, 0.15) is 48.5 Å². The highest BCUT2D eigenvalue weighted by Crippen LogP contribution is 2.38. The number of amides is 1. The minimum Gasteiger partial charge on any atom is -0.369 e. The first-order valence-electron chi connectivity index (χ1n) is 9.66. The minimum atomic E-state index is -0.158. The standard InChI is InChI=1S/C20H37NO4S2/c1-8-24-19(16(4)5)26-27-20(17(6)7)25-13-12-23-14-18(22)21-11-9-10-15(2)3/h15-17,19-20H,8,11-14H2,1-7H3,(H,21,22). The second-order valence-electron chi connectivity index (χ2n) is 7.05. The molecule has 2 atom stereocenters. The van der Waals surface area contributed by atoms with Crippen LogP contribution in [-0.2, 0) is 19.0 Å². The molecule has 0 spiro atoms. The van der Waals surface area contributed by atoms with Gasteiger partial charge in [-0.1, -0.05) is 75.0 Å². The van der Waals surface area contributed by atoms with Crippen LogP contribution >= 0.6 is 21.6 Å². The lowest BCUT2D eigenvalue weighted by Gasteiger charge is -2.25. The molecule has 27 heavy (non-hydrogen) atoms. The number of hydrogen-bond acceptors (Lipinski definition) is 6. The van der Waals surface area contributed by atoms with E-state index >= 15 is 0 Å². The Morgan fingerprint density at radius 3 is 2.07 bits per heavy atom. The second kappa shape index (κ2) is 16.6. The number of carbonyl (C=O) groups is 1. The molecule has 0 aromatic rings. The summed E-state index contributed by atoms with van der Waals surface area (Å²) in [4.78, 5) is 11.6. The van der Waals surface area contributed by atoms with Crippen LogP contribution in [0.15, 0.2) is 0 Å². The summed E-state index contributed by atoms with van der Waals surface area (Å²) in [6.07, 6.45) is 0. The van der Waals surface area contributed by atoms with Gasteiger partial charge in [-0.3, -0.25) is 4.79 Å². The van der Waals surface area contributed by atoms with Gasteiger partial charge in [0.25, 0.3) is 0 Å². The van der Waals surface area contributed by atoms with E-state index in [1.54, 1.807) is 21.6 Å². The molecule has 0 aromatic heterocycles. The van der Waals surface area contributed by atoms with E-state index in [0.717, 1.165) is 0 Å². The summed E-state index contributed by atoms with van der Waals surface area (Å²) in [5.41, 5.74) is 0.212. The molecule has 0 rings (SSSR count). The maximum absolute atomic E-state index is 11.6. The molecule has 158 valence electrons. The summed E-state index contributed by atoms with van der Waals surface area (Å²) in [6, 6.07) is 0. The van der Waals surface area contributed by atoms with Crippen molar-refractivity contribution in [2.24, 2.45) is 17.8 Å². The van der Waals surface area contributed by atoms with E-state index in [1.165, 1.54) is 0 Å². The molecule has 0 saturated heterocycles. The van der Waals surface area contributed by atoms with Crippen molar-refractivity contribution in [1.82, 2.24) is 5.32 Å². The average Bonchev–Trinajstić information content (AvgIpc) is 2.59. The highest BCUT2D eigenvalue weighted by molar-refractivity contribution is 8.77. The fourth-order valence-electron chi connectivity index (χ4n) is 1.77. The van der Waals surface area contributed by atoms with Crippen LogP contribution in [0, 0.1) is 29.6 Å². The van der Waals surface area contributed by atoms with Crippen LogP contribution in [0.2, 0.25) is 0 Å². The largest absolute Gasteiger partial charge is 0.369 e. The summed E-state index contributed by atoms with van der Waals surface area (Å²) >= 11 is 0. The summed E-state index contributed by atoms with van der Waals surface area (Å²) in [5, 5.41) is 2.71. The first kappa shape index (κ1) is 26.6. The Labute approximate surface area is 173 Å². The predicted molar refractivity (Wildman–Crippen MR) is 116 cm³/mol. The highest BCUT2D eigenvalue weighted by Gasteiger charge is 2.20. The molecule has 0 saturated carbocycles. The Morgan fingerprint density at radius 2 is 1.56 bits per heavy atom. The number of ether oxygens (including phenoxy) is 3. The molecule has 7 heteroatoms. The molecule has 0 fully saturated rings. The van der Waals surface area contributed by atoms with Crippen LogP contribution in [0.3, 0.4) is 0 Å². The van der Waals surface area contributed by atoms with Crippen LogP contribution in [0.5, 0.6) is 0 Å². The minimum absolute atomic E-state index is 0.0285. The molecule has 1 N–H and O–H groups in total. The first-order chi connectivity index (χ1) is 12.8. The summed E-state index contributed by atoms with van der Waals surface area (Å²) in [6.45, 7) is 16.6. The molecule has 0 aliphatic rings. The summed E-state index contributed by atoms with van der Waals surface area (Å²) in [7, 11) is 3.43. The zero-order valence-electron chi connectivity index (χ0n) is 17.9. The Kier molecular flexibility index (Phi) is 16.3. The van der Waals surface area contributed by atoms with E-state index in [4.69, 9.17) is 14.2 Å². The van der Waals surface area contributed by atoms with Gasteiger partial charge in [-0.25, -0.2) is 0 Å². The Bertz CT molecular complexity index is 447. The van der Waals surface area contributed by atoms with Gasteiger partial charge in [0, 0.05) is 12.5 Å². The number of nitrogens with one attached hydrogen (secondary N) is 1. The lowest BCUT2D eigenvalue weighted by atomic mass is 10.2. The molecule has 0 radical (unpaired) electrons. The first-order valence-corrected chi connectivity index (χ1v) is 11.9. The number of carbonyl (C=O) groups excluding carboxylic acids is 1. The molecule has 5 nitrogen and oxygen atoms in total. The Balaban J connectivity index is 3.99. The van der Waals surface area contributed by atoms with Crippen LogP contribution in [0.4, 0.5) is 0 Å². The lowest BCUT2D eigenvalue weighted by Crippen LogP contribution is -2.28. The zero-order valence-corrected chi connectivity index (χ0v) is 19.5. The second-order valence-corrected chi connectivity index (χ2v) is 9.52. The SMILES string of the molecule is CCOC(SSC(OCCOCC(=O)NCC#CC(C)C)C(C)C)C(C)C. The van der Waals surface area contributed by atoms with Crippen molar-refractivity contribution in [3.8, 4) is 11.8 Å². The monoisotopic (exact) mass is 419 g/mol. The van der Waals surface area contributed by atoms with E-state index in [9.17, 15) is 4.79 Å². The van der Waals surface area contributed by atoms with Gasteiger partial charge in [-0.15, -0.1) is 0 Å². The highest BCUT2D eigenvalue weighted by atomic mass is 33.1. The van der Waals surface area contributed by atoms with Crippen LogP contribution in [-0.4, -0.2) is 49.8 Å². The van der Waals surface area contributed by atoms with Gasteiger partial charge in [0.2, 0.25) is 5.91 Å². The Hall–Kier alpha value is -0.390. The summed E-state index contributed by atoms with van der Waals surface area (Å²) in [5.74, 6) is 6.88. The maximum Gasteiger partial charge on any atom is 0.246 e. The third-order valence-electron chi connectivity index (χ3n) is 3.17. The molecule has 0 aromatic carbocycles. The van der Waals surface area contributed by atoms with E-state index in [-0.39, 0.29) is 23.4 Å². The van der Waals surface area contributed by atoms with E-state index < -0.39 is 0 Å². The molecular formula is C20H37NO4S2. The third-order valence-corrected chi connectivity index (χ3v) is 6.50. The van der Waals surface area contributed by atoms with Gasteiger partial charge in [0.05, 0.1) is 19.8 Å². The summed E-state index contributed by atoms with van der Waals surface area (Å²) < 4.78 is 17.1. The van der Waals surface area contributed by atoms with Gasteiger partial charge in [-0.2, -0.15) is 0 Å². The number of rotatable bonds is 14. The zero-order chi connectivity index (χ0) is 20.7. The maximum atomic E-state index is 11.6. The average molecular weight is 420 g/mol. The molecule has 0 aliphatic heterocycles. The van der Waals surface area contributed by atoms with Crippen LogP contribution in [0.25, 0.3) is 0 Å². The molecular weight excluding hydrogens is 382 g/mol. The van der Waals surface area contributed by atoms with Crippen LogP contribution < -0.4 is 5.32 Å². The van der Waals surface area contributed by atoms with Crippen molar-refractivity contribution in [3.63, 3.8) is 0 Å². The van der Waals surface area contributed by atoms with Crippen molar-refractivity contribution in [3.05, 3.63) is 0 Å². The van der Waals surface area contributed by atoms with Crippen molar-refractivity contribution in [2.45, 2.75) is 59.3 Å². The van der Waals surface area contributed by atoms with Crippen molar-refractivity contribution >= 4 is 27.5 Å². The van der Waals surface area contributed by atoms with Gasteiger partial charge >= 0.3 is 0 Å². The molecule has 0 aliphatic carbocycles. The van der Waals surface area contributed by atoms with Crippen molar-refractivity contribution in [2.75, 3.05) is 33.0 Å². The third kappa shape index (κ3) is 15.2. The fourth-order valence-corrected chi connectivity index (χ4v) is 5.10. The number of hydrogen-bond donors (Lipinski definition) is 1. The molecule has 0 bridgehead atoms.